The molecule has 2 aromatic carbocycles. The van der Waals surface area contributed by atoms with E-state index in [2.05, 4.69) is 4.98 Å². The van der Waals surface area contributed by atoms with Gasteiger partial charge in [0.2, 0.25) is 0 Å². The lowest BCUT2D eigenvalue weighted by Crippen LogP contribution is -2.09. The molecule has 0 saturated carbocycles. The van der Waals surface area contributed by atoms with Gasteiger partial charge in [-0.3, -0.25) is 9.78 Å². The number of nitrogens with zero attached hydrogens (tertiary/aromatic N) is 1. The number of carbonyl (C=O) groups is 1. The van der Waals surface area contributed by atoms with Gasteiger partial charge in [0.25, 0.3) is 0 Å². The van der Waals surface area contributed by atoms with Crippen LogP contribution in [0.3, 0.4) is 0 Å². The van der Waals surface area contributed by atoms with Crippen LogP contribution in [0.2, 0.25) is 0 Å². The van der Waals surface area contributed by atoms with E-state index < -0.39 is 0 Å². The Hall–Kier alpha value is -2.88. The van der Waals surface area contributed by atoms with Gasteiger partial charge >= 0.3 is 0 Å². The summed E-state index contributed by atoms with van der Waals surface area (Å²) in [5.41, 5.74) is 1.48. The van der Waals surface area contributed by atoms with Crippen LogP contribution in [-0.2, 0) is 0 Å². The zero-order valence-electron chi connectivity index (χ0n) is 12.9. The van der Waals surface area contributed by atoms with Crippen molar-refractivity contribution in [2.24, 2.45) is 0 Å². The fraction of sp³-hybridized carbons (Fsp3) is 0.158. The van der Waals surface area contributed by atoms with Crippen molar-refractivity contribution in [3.05, 3.63) is 66.4 Å². The van der Waals surface area contributed by atoms with Gasteiger partial charge in [0, 0.05) is 17.1 Å². The van der Waals surface area contributed by atoms with Crippen molar-refractivity contribution in [2.45, 2.75) is 6.92 Å². The molecule has 0 aliphatic heterocycles. The van der Waals surface area contributed by atoms with Crippen LogP contribution in [0.4, 0.5) is 0 Å². The maximum Gasteiger partial charge on any atom is 0.159 e. The minimum atomic E-state index is 0.0218. The Kier molecular flexibility index (Phi) is 4.52. The molecule has 116 valence electrons. The highest BCUT2D eigenvalue weighted by atomic mass is 16.5. The maximum absolute atomic E-state index is 11.3. The number of ketones is 1. The van der Waals surface area contributed by atoms with Crippen LogP contribution in [0.15, 0.2) is 60.8 Å². The lowest BCUT2D eigenvalue weighted by Gasteiger charge is -2.10. The van der Waals surface area contributed by atoms with Crippen molar-refractivity contribution < 1.29 is 14.3 Å². The third-order valence-electron chi connectivity index (χ3n) is 3.45. The molecule has 3 aromatic rings. The van der Waals surface area contributed by atoms with E-state index in [4.69, 9.17) is 9.47 Å². The number of pyridine rings is 1. The topological polar surface area (TPSA) is 48.4 Å². The van der Waals surface area contributed by atoms with Crippen LogP contribution < -0.4 is 9.47 Å². The summed E-state index contributed by atoms with van der Waals surface area (Å²) in [5, 5.41) is 1.04. The Labute approximate surface area is 134 Å². The first kappa shape index (κ1) is 15.0. The lowest BCUT2D eigenvalue weighted by molar-refractivity contribution is 0.101. The molecule has 4 heteroatoms. The molecule has 1 heterocycles. The zero-order valence-corrected chi connectivity index (χ0v) is 12.9. The maximum atomic E-state index is 11.3. The molecule has 0 unspecified atom stereocenters. The summed E-state index contributed by atoms with van der Waals surface area (Å²) < 4.78 is 11.4. The van der Waals surface area contributed by atoms with Crippen molar-refractivity contribution in [1.29, 1.82) is 0 Å². The highest BCUT2D eigenvalue weighted by Gasteiger charge is 2.04. The minimum Gasteiger partial charge on any atom is -0.490 e. The average Bonchev–Trinajstić information content (AvgIpc) is 2.59. The van der Waals surface area contributed by atoms with E-state index in [0.29, 0.717) is 24.5 Å². The number of aromatic nitrogens is 1. The molecule has 0 atom stereocenters. The second-order valence-electron chi connectivity index (χ2n) is 5.11. The molecule has 4 nitrogen and oxygen atoms in total. The first-order valence-electron chi connectivity index (χ1n) is 7.44. The third-order valence-corrected chi connectivity index (χ3v) is 3.45. The van der Waals surface area contributed by atoms with E-state index in [1.807, 2.05) is 42.5 Å². The number of Topliss-reactive ketones (excluding diaryl/α,β-unsaturated/α-hetero) is 1. The van der Waals surface area contributed by atoms with E-state index >= 15 is 0 Å². The summed E-state index contributed by atoms with van der Waals surface area (Å²) >= 11 is 0. The van der Waals surface area contributed by atoms with Crippen LogP contribution in [-0.4, -0.2) is 24.0 Å². The molecule has 0 fully saturated rings. The standard InChI is InChI=1S/C19H17NO3/c1-14(21)16-6-2-8-17(13-16)22-11-12-23-18-9-3-5-15-7-4-10-20-19(15)18/h2-10,13H,11-12H2,1H3. The molecule has 0 amide bonds. The zero-order chi connectivity index (χ0) is 16.1. The van der Waals surface area contributed by atoms with Gasteiger partial charge in [0.1, 0.15) is 30.2 Å². The monoisotopic (exact) mass is 307 g/mol. The van der Waals surface area contributed by atoms with Crippen LogP contribution in [0, 0.1) is 0 Å². The molecule has 3 rings (SSSR count). The molecule has 0 spiro atoms. The first-order valence-corrected chi connectivity index (χ1v) is 7.44. The number of carbonyl (C=O) groups excluding carboxylic acids is 1. The largest absolute Gasteiger partial charge is 0.490 e. The van der Waals surface area contributed by atoms with Crippen molar-refractivity contribution >= 4 is 16.7 Å². The van der Waals surface area contributed by atoms with Crippen LogP contribution >= 0.6 is 0 Å². The number of rotatable bonds is 6. The van der Waals surface area contributed by atoms with Crippen molar-refractivity contribution in [3.63, 3.8) is 0 Å². The van der Waals surface area contributed by atoms with E-state index in [9.17, 15) is 4.79 Å². The van der Waals surface area contributed by atoms with E-state index in [1.54, 1.807) is 18.3 Å². The molecule has 0 bridgehead atoms. The minimum absolute atomic E-state index is 0.0218. The summed E-state index contributed by atoms with van der Waals surface area (Å²) in [6, 6.07) is 16.9. The summed E-state index contributed by atoms with van der Waals surface area (Å²) in [7, 11) is 0. The Balaban J connectivity index is 1.59. The lowest BCUT2D eigenvalue weighted by atomic mass is 10.1. The summed E-state index contributed by atoms with van der Waals surface area (Å²) in [4.78, 5) is 15.7. The molecular weight excluding hydrogens is 290 g/mol. The highest BCUT2D eigenvalue weighted by Crippen LogP contribution is 2.22. The van der Waals surface area contributed by atoms with Crippen molar-refractivity contribution in [2.75, 3.05) is 13.2 Å². The van der Waals surface area contributed by atoms with Crippen LogP contribution in [0.1, 0.15) is 17.3 Å². The molecule has 1 aromatic heterocycles. The SMILES string of the molecule is CC(=O)c1cccc(OCCOc2cccc3cccnc23)c1. The van der Waals surface area contributed by atoms with E-state index in [0.717, 1.165) is 16.7 Å². The van der Waals surface area contributed by atoms with E-state index in [-0.39, 0.29) is 5.78 Å². The van der Waals surface area contributed by atoms with Gasteiger partial charge in [0.15, 0.2) is 5.78 Å². The molecule has 23 heavy (non-hydrogen) atoms. The number of ether oxygens (including phenoxy) is 2. The molecule has 0 aliphatic rings. The quantitative estimate of drug-likeness (QED) is 0.512. The van der Waals surface area contributed by atoms with Gasteiger partial charge in [-0.05, 0) is 31.2 Å². The van der Waals surface area contributed by atoms with E-state index in [1.165, 1.54) is 6.92 Å². The predicted octanol–water partition coefficient (Wildman–Crippen LogP) is 3.90. The van der Waals surface area contributed by atoms with Crippen LogP contribution in [0.25, 0.3) is 10.9 Å². The number of para-hydroxylation sites is 1. The predicted molar refractivity (Wildman–Crippen MR) is 89.2 cm³/mol. The Morgan fingerprint density at radius 1 is 1.00 bits per heavy atom. The highest BCUT2D eigenvalue weighted by molar-refractivity contribution is 5.94. The molecule has 0 radical (unpaired) electrons. The second kappa shape index (κ2) is 6.92. The molecule has 0 saturated heterocycles. The average molecular weight is 307 g/mol. The summed E-state index contributed by atoms with van der Waals surface area (Å²) in [6.45, 7) is 2.33. The van der Waals surface area contributed by atoms with Gasteiger partial charge < -0.3 is 9.47 Å². The number of hydrogen-bond donors (Lipinski definition) is 0. The number of benzene rings is 2. The fourth-order valence-electron chi connectivity index (χ4n) is 2.31. The molecular formula is C19H17NO3. The Morgan fingerprint density at radius 3 is 2.65 bits per heavy atom. The van der Waals surface area contributed by atoms with Crippen molar-refractivity contribution in [3.8, 4) is 11.5 Å². The van der Waals surface area contributed by atoms with Gasteiger partial charge in [-0.15, -0.1) is 0 Å². The van der Waals surface area contributed by atoms with Crippen LogP contribution in [0.5, 0.6) is 11.5 Å². The van der Waals surface area contributed by atoms with Gasteiger partial charge in [-0.2, -0.15) is 0 Å². The fourth-order valence-corrected chi connectivity index (χ4v) is 2.31. The number of fused-ring (bicyclic) bond motifs is 1. The van der Waals surface area contributed by atoms with Gasteiger partial charge in [0.05, 0.1) is 0 Å². The number of hydrogen-bond acceptors (Lipinski definition) is 4. The molecule has 0 aliphatic carbocycles. The third kappa shape index (κ3) is 3.66. The Morgan fingerprint density at radius 2 is 1.78 bits per heavy atom. The van der Waals surface area contributed by atoms with Crippen molar-refractivity contribution in [1.82, 2.24) is 4.98 Å². The summed E-state index contributed by atoms with van der Waals surface area (Å²) in [5.74, 6) is 1.43. The normalized spacial score (nSPS) is 10.5. The van der Waals surface area contributed by atoms with Gasteiger partial charge in [-0.1, -0.05) is 30.3 Å². The molecule has 0 N–H and O–H groups in total. The second-order valence-corrected chi connectivity index (χ2v) is 5.11. The van der Waals surface area contributed by atoms with Gasteiger partial charge in [-0.25, -0.2) is 0 Å². The summed E-state index contributed by atoms with van der Waals surface area (Å²) in [6.07, 6.45) is 1.75. The smallest absolute Gasteiger partial charge is 0.159 e. The first-order chi connectivity index (χ1) is 11.2. The Bertz CT molecular complexity index is 824.